The second-order valence-corrected chi connectivity index (χ2v) is 4.86. The predicted molar refractivity (Wildman–Crippen MR) is 77.9 cm³/mol. The Hall–Kier alpha value is -2.07. The SMILES string of the molecule is C[C@@H](NC(=O)CCC(N)c1ccccc1)c1ccco1. The van der Waals surface area contributed by atoms with Crippen molar-refractivity contribution < 1.29 is 9.21 Å². The minimum absolute atomic E-state index is 0.0136. The lowest BCUT2D eigenvalue weighted by Crippen LogP contribution is -2.27. The van der Waals surface area contributed by atoms with E-state index in [1.807, 2.05) is 49.4 Å². The van der Waals surface area contributed by atoms with Crippen molar-refractivity contribution in [3.8, 4) is 0 Å². The molecule has 4 nitrogen and oxygen atoms in total. The molecule has 0 saturated carbocycles. The molecule has 0 fully saturated rings. The monoisotopic (exact) mass is 272 g/mol. The first kappa shape index (κ1) is 14.3. The molecule has 1 heterocycles. The van der Waals surface area contributed by atoms with Crippen LogP contribution in [0.3, 0.4) is 0 Å². The van der Waals surface area contributed by atoms with E-state index in [1.165, 1.54) is 0 Å². The number of carbonyl (C=O) groups is 1. The minimum Gasteiger partial charge on any atom is -0.467 e. The number of rotatable bonds is 6. The van der Waals surface area contributed by atoms with Crippen LogP contribution >= 0.6 is 0 Å². The molecule has 1 amide bonds. The van der Waals surface area contributed by atoms with Gasteiger partial charge in [0, 0.05) is 12.5 Å². The maximum atomic E-state index is 11.9. The van der Waals surface area contributed by atoms with Crippen molar-refractivity contribution in [2.45, 2.75) is 31.8 Å². The lowest BCUT2D eigenvalue weighted by molar-refractivity contribution is -0.122. The Morgan fingerprint density at radius 2 is 2.00 bits per heavy atom. The fourth-order valence-corrected chi connectivity index (χ4v) is 2.08. The molecule has 4 heteroatoms. The molecule has 1 aromatic heterocycles. The predicted octanol–water partition coefficient (Wildman–Crippen LogP) is 2.94. The largest absolute Gasteiger partial charge is 0.467 e. The zero-order chi connectivity index (χ0) is 14.4. The molecule has 0 bridgehead atoms. The summed E-state index contributed by atoms with van der Waals surface area (Å²) >= 11 is 0. The van der Waals surface area contributed by atoms with E-state index >= 15 is 0 Å². The van der Waals surface area contributed by atoms with E-state index in [1.54, 1.807) is 6.26 Å². The van der Waals surface area contributed by atoms with Gasteiger partial charge in [0.2, 0.25) is 5.91 Å². The number of carbonyl (C=O) groups excluding carboxylic acids is 1. The number of furan rings is 1. The highest BCUT2D eigenvalue weighted by atomic mass is 16.3. The standard InChI is InChI=1S/C16H20N2O2/c1-12(15-8-5-11-20-15)18-16(19)10-9-14(17)13-6-3-2-4-7-13/h2-8,11-12,14H,9-10,17H2,1H3,(H,18,19)/t12-,14?/m1/s1. The van der Waals surface area contributed by atoms with Crippen molar-refractivity contribution in [2.24, 2.45) is 5.73 Å². The summed E-state index contributed by atoms with van der Waals surface area (Å²) < 4.78 is 5.25. The number of hydrogen-bond acceptors (Lipinski definition) is 3. The Kier molecular flexibility index (Phi) is 4.96. The van der Waals surface area contributed by atoms with Crippen LogP contribution in [0.4, 0.5) is 0 Å². The average molecular weight is 272 g/mol. The Bertz CT molecular complexity index is 523. The van der Waals surface area contributed by atoms with E-state index in [4.69, 9.17) is 10.2 Å². The quantitative estimate of drug-likeness (QED) is 0.849. The van der Waals surface area contributed by atoms with Gasteiger partial charge in [0.15, 0.2) is 0 Å². The highest BCUT2D eigenvalue weighted by molar-refractivity contribution is 5.76. The molecule has 1 aromatic carbocycles. The van der Waals surface area contributed by atoms with Crippen LogP contribution in [0.15, 0.2) is 53.1 Å². The van der Waals surface area contributed by atoms with Gasteiger partial charge in [-0.2, -0.15) is 0 Å². The molecule has 0 saturated heterocycles. The lowest BCUT2D eigenvalue weighted by atomic mass is 10.0. The molecule has 0 aliphatic rings. The normalized spacial score (nSPS) is 13.7. The van der Waals surface area contributed by atoms with Crippen molar-refractivity contribution >= 4 is 5.91 Å². The smallest absolute Gasteiger partial charge is 0.220 e. The van der Waals surface area contributed by atoms with E-state index in [0.717, 1.165) is 11.3 Å². The van der Waals surface area contributed by atoms with Gasteiger partial charge in [-0.1, -0.05) is 30.3 Å². The third-order valence-corrected chi connectivity index (χ3v) is 3.26. The minimum atomic E-state index is -0.120. The molecule has 2 aromatic rings. The third kappa shape index (κ3) is 3.96. The summed E-state index contributed by atoms with van der Waals surface area (Å²) in [5, 5.41) is 2.90. The van der Waals surface area contributed by atoms with Crippen LogP contribution in [-0.4, -0.2) is 5.91 Å². The summed E-state index contributed by atoms with van der Waals surface area (Å²) in [6.07, 6.45) is 2.63. The molecule has 0 spiro atoms. The van der Waals surface area contributed by atoms with Crippen LogP contribution in [0.25, 0.3) is 0 Å². The summed E-state index contributed by atoms with van der Waals surface area (Å²) in [6.45, 7) is 1.90. The van der Waals surface area contributed by atoms with Crippen LogP contribution in [0, 0.1) is 0 Å². The lowest BCUT2D eigenvalue weighted by Gasteiger charge is -2.14. The average Bonchev–Trinajstić information content (AvgIpc) is 3.00. The topological polar surface area (TPSA) is 68.3 Å². The number of hydrogen-bond donors (Lipinski definition) is 2. The Labute approximate surface area is 119 Å². The molecule has 2 atom stereocenters. The fraction of sp³-hybridized carbons (Fsp3) is 0.312. The number of benzene rings is 1. The van der Waals surface area contributed by atoms with Crippen LogP contribution in [0.2, 0.25) is 0 Å². The fourth-order valence-electron chi connectivity index (χ4n) is 2.08. The van der Waals surface area contributed by atoms with Gasteiger partial charge in [-0.3, -0.25) is 4.79 Å². The van der Waals surface area contributed by atoms with E-state index in [2.05, 4.69) is 5.32 Å². The van der Waals surface area contributed by atoms with E-state index < -0.39 is 0 Å². The second-order valence-electron chi connectivity index (χ2n) is 4.86. The van der Waals surface area contributed by atoms with Crippen molar-refractivity contribution in [3.63, 3.8) is 0 Å². The molecule has 0 aliphatic heterocycles. The number of nitrogens with one attached hydrogen (secondary N) is 1. The molecule has 3 N–H and O–H groups in total. The van der Waals surface area contributed by atoms with Crippen LogP contribution in [0.1, 0.15) is 43.2 Å². The van der Waals surface area contributed by atoms with E-state index in [-0.39, 0.29) is 18.0 Å². The summed E-state index contributed by atoms with van der Waals surface area (Å²) in [5.74, 6) is 0.742. The van der Waals surface area contributed by atoms with Crippen LogP contribution in [0.5, 0.6) is 0 Å². The zero-order valence-corrected chi connectivity index (χ0v) is 11.6. The Balaban J connectivity index is 1.78. The van der Waals surface area contributed by atoms with Crippen LogP contribution < -0.4 is 11.1 Å². The highest BCUT2D eigenvalue weighted by Crippen LogP contribution is 2.16. The van der Waals surface area contributed by atoms with Gasteiger partial charge >= 0.3 is 0 Å². The molecule has 106 valence electrons. The molecular formula is C16H20N2O2. The summed E-state index contributed by atoms with van der Waals surface area (Å²) in [7, 11) is 0. The maximum absolute atomic E-state index is 11.9. The Morgan fingerprint density at radius 3 is 2.65 bits per heavy atom. The Morgan fingerprint density at radius 1 is 1.25 bits per heavy atom. The molecule has 0 aliphatic carbocycles. The van der Waals surface area contributed by atoms with Gasteiger partial charge in [0.25, 0.3) is 0 Å². The first-order chi connectivity index (χ1) is 9.66. The van der Waals surface area contributed by atoms with Gasteiger partial charge in [-0.05, 0) is 31.0 Å². The first-order valence-corrected chi connectivity index (χ1v) is 6.80. The summed E-state index contributed by atoms with van der Waals surface area (Å²) in [5.41, 5.74) is 7.13. The van der Waals surface area contributed by atoms with Crippen LogP contribution in [-0.2, 0) is 4.79 Å². The van der Waals surface area contributed by atoms with Gasteiger partial charge in [-0.15, -0.1) is 0 Å². The number of nitrogens with two attached hydrogens (primary N) is 1. The molecule has 2 rings (SSSR count). The molecule has 1 unspecified atom stereocenters. The second kappa shape index (κ2) is 6.91. The van der Waals surface area contributed by atoms with Gasteiger partial charge < -0.3 is 15.5 Å². The van der Waals surface area contributed by atoms with Gasteiger partial charge in [0.05, 0.1) is 12.3 Å². The van der Waals surface area contributed by atoms with Crippen molar-refractivity contribution in [1.29, 1.82) is 0 Å². The van der Waals surface area contributed by atoms with E-state index in [0.29, 0.717) is 12.8 Å². The first-order valence-electron chi connectivity index (χ1n) is 6.80. The molecule has 0 radical (unpaired) electrons. The van der Waals surface area contributed by atoms with E-state index in [9.17, 15) is 4.79 Å². The summed E-state index contributed by atoms with van der Waals surface area (Å²) in [4.78, 5) is 11.9. The zero-order valence-electron chi connectivity index (χ0n) is 11.6. The molecular weight excluding hydrogens is 252 g/mol. The summed E-state index contributed by atoms with van der Waals surface area (Å²) in [6, 6.07) is 13.2. The van der Waals surface area contributed by atoms with Crippen molar-refractivity contribution in [3.05, 3.63) is 60.1 Å². The number of amides is 1. The van der Waals surface area contributed by atoms with Crippen molar-refractivity contribution in [2.75, 3.05) is 0 Å². The maximum Gasteiger partial charge on any atom is 0.220 e. The third-order valence-electron chi connectivity index (χ3n) is 3.26. The highest BCUT2D eigenvalue weighted by Gasteiger charge is 2.13. The van der Waals surface area contributed by atoms with Gasteiger partial charge in [-0.25, -0.2) is 0 Å². The van der Waals surface area contributed by atoms with Gasteiger partial charge in [0.1, 0.15) is 5.76 Å². The van der Waals surface area contributed by atoms with Crippen molar-refractivity contribution in [1.82, 2.24) is 5.32 Å². The molecule has 20 heavy (non-hydrogen) atoms.